The molecule has 0 aliphatic rings. The van der Waals surface area contributed by atoms with E-state index in [1.54, 1.807) is 6.07 Å². The maximum Gasteiger partial charge on any atom is 0.416 e. The van der Waals surface area contributed by atoms with E-state index < -0.39 is 23.2 Å². The van der Waals surface area contributed by atoms with E-state index in [1.165, 1.54) is 47.0 Å². The van der Waals surface area contributed by atoms with E-state index in [1.807, 2.05) is 0 Å². The number of benzene rings is 1. The number of pyridine rings is 1. The Labute approximate surface area is 145 Å². The predicted molar refractivity (Wildman–Crippen MR) is 88.2 cm³/mol. The Morgan fingerprint density at radius 2 is 1.92 bits per heavy atom. The first-order valence-electron chi connectivity index (χ1n) is 7.45. The number of hydrogen-bond acceptors (Lipinski definition) is 3. The number of carbonyl (C=O) groups excluding carboxylic acids is 1. The molecule has 0 fully saturated rings. The zero-order valence-corrected chi connectivity index (χ0v) is 13.5. The average molecular weight is 362 g/mol. The molecule has 26 heavy (non-hydrogen) atoms. The molecule has 1 aromatic carbocycles. The molecule has 0 spiro atoms. The molecule has 0 aliphatic heterocycles. The van der Waals surface area contributed by atoms with Crippen LogP contribution in [0.25, 0.3) is 5.69 Å². The summed E-state index contributed by atoms with van der Waals surface area (Å²) in [6.07, 6.45) is -0.163. The number of amides is 1. The fraction of sp³-hybridized carbons (Fsp3) is 0.118. The average Bonchev–Trinajstić information content (AvgIpc) is 3.10. The van der Waals surface area contributed by atoms with Crippen LogP contribution in [-0.4, -0.2) is 20.3 Å². The third-order valence-corrected chi connectivity index (χ3v) is 3.69. The molecule has 1 amide bonds. The number of carbonyl (C=O) groups is 1. The molecule has 1 N–H and O–H groups in total. The monoisotopic (exact) mass is 362 g/mol. The van der Waals surface area contributed by atoms with Crippen molar-refractivity contribution in [3.8, 4) is 5.69 Å². The third kappa shape index (κ3) is 3.51. The molecule has 0 saturated heterocycles. The number of alkyl halides is 3. The maximum absolute atomic E-state index is 13.0. The standard InChI is InChI=1S/C17H13F3N4O2/c1-23-8-5-11(9-15(23)25)16(26)22-13-10-12(17(18,19)20)3-4-14(13)24-7-2-6-21-24/h2-10H,1H3,(H,22,26). The summed E-state index contributed by atoms with van der Waals surface area (Å²) in [5.41, 5.74) is -1.09. The van der Waals surface area contributed by atoms with Gasteiger partial charge in [-0.15, -0.1) is 0 Å². The van der Waals surface area contributed by atoms with E-state index >= 15 is 0 Å². The number of halogens is 3. The van der Waals surface area contributed by atoms with Crippen LogP contribution in [0.2, 0.25) is 0 Å². The van der Waals surface area contributed by atoms with Crippen molar-refractivity contribution >= 4 is 11.6 Å². The summed E-state index contributed by atoms with van der Waals surface area (Å²) in [4.78, 5) is 24.0. The summed E-state index contributed by atoms with van der Waals surface area (Å²) >= 11 is 0. The third-order valence-electron chi connectivity index (χ3n) is 3.69. The maximum atomic E-state index is 13.0. The van der Waals surface area contributed by atoms with E-state index in [4.69, 9.17) is 0 Å². The molecule has 134 valence electrons. The first-order valence-corrected chi connectivity index (χ1v) is 7.45. The number of hydrogen-bond donors (Lipinski definition) is 1. The zero-order chi connectivity index (χ0) is 18.9. The van der Waals surface area contributed by atoms with Gasteiger partial charge >= 0.3 is 6.18 Å². The van der Waals surface area contributed by atoms with Crippen LogP contribution in [0.15, 0.2) is 59.8 Å². The van der Waals surface area contributed by atoms with Crippen LogP contribution in [0, 0.1) is 0 Å². The molecule has 0 atom stereocenters. The highest BCUT2D eigenvalue weighted by Gasteiger charge is 2.31. The van der Waals surface area contributed by atoms with E-state index in [0.29, 0.717) is 0 Å². The van der Waals surface area contributed by atoms with Gasteiger partial charge in [-0.1, -0.05) is 0 Å². The van der Waals surface area contributed by atoms with Gasteiger partial charge in [0.25, 0.3) is 11.5 Å². The van der Waals surface area contributed by atoms with Gasteiger partial charge in [-0.3, -0.25) is 9.59 Å². The summed E-state index contributed by atoms with van der Waals surface area (Å²) < 4.78 is 41.7. The van der Waals surface area contributed by atoms with Crippen molar-refractivity contribution in [1.29, 1.82) is 0 Å². The minimum absolute atomic E-state index is 0.0388. The van der Waals surface area contributed by atoms with Gasteiger partial charge in [-0.05, 0) is 30.3 Å². The van der Waals surface area contributed by atoms with Gasteiger partial charge in [0.05, 0.1) is 16.9 Å². The lowest BCUT2D eigenvalue weighted by atomic mass is 10.1. The molecule has 2 aromatic heterocycles. The van der Waals surface area contributed by atoms with Gasteiger partial charge < -0.3 is 9.88 Å². The molecule has 9 heteroatoms. The van der Waals surface area contributed by atoms with Gasteiger partial charge in [0.1, 0.15) is 0 Å². The lowest BCUT2D eigenvalue weighted by Crippen LogP contribution is -2.21. The summed E-state index contributed by atoms with van der Waals surface area (Å²) in [7, 11) is 1.52. The molecule has 0 aliphatic carbocycles. The second kappa shape index (κ2) is 6.51. The van der Waals surface area contributed by atoms with E-state index in [9.17, 15) is 22.8 Å². The second-order valence-electron chi connectivity index (χ2n) is 5.50. The Morgan fingerprint density at radius 3 is 2.54 bits per heavy atom. The van der Waals surface area contributed by atoms with Crippen molar-refractivity contribution in [2.45, 2.75) is 6.18 Å². The number of aryl methyl sites for hydroxylation is 1. The molecule has 3 rings (SSSR count). The topological polar surface area (TPSA) is 68.9 Å². The molecule has 0 bridgehead atoms. The first-order chi connectivity index (χ1) is 12.3. The number of nitrogens with zero attached hydrogens (tertiary/aromatic N) is 3. The van der Waals surface area contributed by atoms with Gasteiger partial charge in [-0.2, -0.15) is 18.3 Å². The Kier molecular flexibility index (Phi) is 4.37. The van der Waals surface area contributed by atoms with Gasteiger partial charge in [0, 0.05) is 37.3 Å². The Morgan fingerprint density at radius 1 is 1.15 bits per heavy atom. The number of nitrogens with one attached hydrogen (secondary N) is 1. The molecule has 0 unspecified atom stereocenters. The molecule has 0 saturated carbocycles. The van der Waals surface area contributed by atoms with Crippen molar-refractivity contribution in [2.24, 2.45) is 7.05 Å². The summed E-state index contributed by atoms with van der Waals surface area (Å²) in [5.74, 6) is -0.699. The highest BCUT2D eigenvalue weighted by atomic mass is 19.4. The Balaban J connectivity index is 2.02. The lowest BCUT2D eigenvalue weighted by molar-refractivity contribution is -0.137. The zero-order valence-electron chi connectivity index (χ0n) is 13.5. The van der Waals surface area contributed by atoms with Crippen molar-refractivity contribution in [1.82, 2.24) is 14.3 Å². The summed E-state index contributed by atoms with van der Waals surface area (Å²) in [6.45, 7) is 0. The number of rotatable bonds is 3. The van der Waals surface area contributed by atoms with Crippen molar-refractivity contribution < 1.29 is 18.0 Å². The quantitative estimate of drug-likeness (QED) is 0.779. The smallest absolute Gasteiger partial charge is 0.320 e. The lowest BCUT2D eigenvalue weighted by Gasteiger charge is -2.14. The van der Waals surface area contributed by atoms with Crippen molar-refractivity contribution in [3.63, 3.8) is 0 Å². The fourth-order valence-corrected chi connectivity index (χ4v) is 2.31. The minimum Gasteiger partial charge on any atom is -0.320 e. The molecule has 0 radical (unpaired) electrons. The number of anilines is 1. The Hall–Kier alpha value is -3.36. The summed E-state index contributed by atoms with van der Waals surface area (Å²) in [6, 6.07) is 7.06. The van der Waals surface area contributed by atoms with Crippen LogP contribution < -0.4 is 10.9 Å². The van der Waals surface area contributed by atoms with Crippen LogP contribution in [0.4, 0.5) is 18.9 Å². The SMILES string of the molecule is Cn1ccc(C(=O)Nc2cc(C(F)(F)F)ccc2-n2cccn2)cc1=O. The highest BCUT2D eigenvalue weighted by Crippen LogP contribution is 2.33. The Bertz CT molecular complexity index is 1010. The molecule has 3 aromatic rings. The van der Waals surface area contributed by atoms with Crippen LogP contribution in [-0.2, 0) is 13.2 Å². The van der Waals surface area contributed by atoms with Crippen LogP contribution in [0.3, 0.4) is 0 Å². The molecule has 6 nitrogen and oxygen atoms in total. The predicted octanol–water partition coefficient (Wildman–Crippen LogP) is 2.84. The van der Waals surface area contributed by atoms with Crippen LogP contribution in [0.1, 0.15) is 15.9 Å². The molecule has 2 heterocycles. The molecular weight excluding hydrogens is 349 g/mol. The van der Waals surface area contributed by atoms with Gasteiger partial charge in [0.2, 0.25) is 0 Å². The van der Waals surface area contributed by atoms with Crippen molar-refractivity contribution in [2.75, 3.05) is 5.32 Å². The van der Waals surface area contributed by atoms with Crippen molar-refractivity contribution in [3.05, 3.63) is 76.5 Å². The van der Waals surface area contributed by atoms with Crippen LogP contribution >= 0.6 is 0 Å². The second-order valence-corrected chi connectivity index (χ2v) is 5.50. The van der Waals surface area contributed by atoms with E-state index in [0.717, 1.165) is 18.2 Å². The minimum atomic E-state index is -4.56. The largest absolute Gasteiger partial charge is 0.416 e. The summed E-state index contributed by atoms with van der Waals surface area (Å²) in [5, 5.41) is 6.40. The van der Waals surface area contributed by atoms with Gasteiger partial charge in [-0.25, -0.2) is 4.68 Å². The van der Waals surface area contributed by atoms with Gasteiger partial charge in [0.15, 0.2) is 0 Å². The first kappa shape index (κ1) is 17.5. The normalized spacial score (nSPS) is 11.4. The highest BCUT2D eigenvalue weighted by molar-refractivity contribution is 6.05. The number of aromatic nitrogens is 3. The van der Waals surface area contributed by atoms with E-state index in [-0.39, 0.29) is 16.9 Å². The molecular formula is C17H13F3N4O2. The van der Waals surface area contributed by atoms with E-state index in [2.05, 4.69) is 10.4 Å². The van der Waals surface area contributed by atoms with Crippen LogP contribution in [0.5, 0.6) is 0 Å². The fourth-order valence-electron chi connectivity index (χ4n) is 2.31.